The van der Waals surface area contributed by atoms with Gasteiger partial charge in [0, 0.05) is 0 Å². The minimum absolute atomic E-state index is 0.224. The lowest BCUT2D eigenvalue weighted by molar-refractivity contribution is 0.592. The third-order valence-corrected chi connectivity index (χ3v) is 4.37. The van der Waals surface area contributed by atoms with E-state index in [1.165, 1.54) is 12.1 Å². The van der Waals surface area contributed by atoms with E-state index in [9.17, 15) is 13.0 Å². The van der Waals surface area contributed by atoms with Crippen molar-refractivity contribution < 1.29 is 13.0 Å². The Morgan fingerprint density at radius 2 is 1.77 bits per heavy atom. The number of rotatable bonds is 3. The fourth-order valence-corrected chi connectivity index (χ4v) is 2.59. The third-order valence-electron chi connectivity index (χ3n) is 1.60. The van der Waals surface area contributed by atoms with Crippen molar-refractivity contribution in [1.82, 2.24) is 0 Å². The van der Waals surface area contributed by atoms with Crippen LogP contribution in [0.5, 0.6) is 0 Å². The van der Waals surface area contributed by atoms with Gasteiger partial charge in [0.2, 0.25) is 0 Å². The summed E-state index contributed by atoms with van der Waals surface area (Å²) in [5.41, 5.74) is 0.648. The molecule has 0 unspecified atom stereocenters. The monoisotopic (exact) mass is 216 g/mol. The van der Waals surface area contributed by atoms with E-state index in [1.807, 2.05) is 6.92 Å². The van der Waals surface area contributed by atoms with Gasteiger partial charge >= 0.3 is 0 Å². The number of benzene rings is 1. The van der Waals surface area contributed by atoms with Gasteiger partial charge in [0.15, 0.2) is 18.3 Å². The highest BCUT2D eigenvalue weighted by molar-refractivity contribution is 7.95. The van der Waals surface area contributed by atoms with Crippen LogP contribution in [0, 0.1) is 6.92 Å². The predicted molar refractivity (Wildman–Crippen MR) is 50.8 cm³/mol. The molecule has 0 amide bonds. The summed E-state index contributed by atoms with van der Waals surface area (Å²) >= 11 is 0. The molecule has 0 aliphatic rings. The van der Waals surface area contributed by atoms with Crippen molar-refractivity contribution in [2.75, 3.05) is 5.49 Å². The van der Waals surface area contributed by atoms with Gasteiger partial charge in [-0.25, -0.2) is 8.42 Å². The van der Waals surface area contributed by atoms with E-state index in [2.05, 4.69) is 0 Å². The first-order valence-electron chi connectivity index (χ1n) is 3.65. The Bertz CT molecular complexity index is 394. The molecule has 0 N–H and O–H groups in total. The molecule has 0 aromatic heterocycles. The summed E-state index contributed by atoms with van der Waals surface area (Å²) in [6, 6.07) is 6.48. The van der Waals surface area contributed by atoms with Gasteiger partial charge < -0.3 is 0 Å². The molecule has 0 fully saturated rings. The number of hydrogen-bond acceptors (Lipinski definition) is 3. The molecule has 1 aromatic rings. The van der Waals surface area contributed by atoms with E-state index in [-0.39, 0.29) is 18.8 Å². The molecule has 3 nitrogen and oxygen atoms in total. The van der Waals surface area contributed by atoms with Crippen molar-refractivity contribution in [3.05, 3.63) is 29.8 Å². The summed E-state index contributed by atoms with van der Waals surface area (Å²) in [6.45, 7) is 1.88. The molecule has 0 atom stereocenters. The normalized spacial score (nSPS) is 11.8. The summed E-state index contributed by atoms with van der Waals surface area (Å²) in [6.07, 6.45) is 0. The van der Waals surface area contributed by atoms with E-state index >= 15 is 0 Å². The van der Waals surface area contributed by atoms with Crippen LogP contribution >= 0.6 is 8.46 Å². The van der Waals surface area contributed by atoms with Gasteiger partial charge in [0.1, 0.15) is 5.49 Å². The minimum Gasteiger partial charge on any atom is -0.274 e. The van der Waals surface area contributed by atoms with Crippen molar-refractivity contribution in [3.63, 3.8) is 0 Å². The Morgan fingerprint density at radius 1 is 1.23 bits per heavy atom. The average molecular weight is 216 g/mol. The molecular formula is C8H9O3PS. The zero-order valence-corrected chi connectivity index (χ0v) is 8.81. The molecular weight excluding hydrogens is 207 g/mol. The molecule has 0 spiro atoms. The van der Waals surface area contributed by atoms with Gasteiger partial charge in [-0.3, -0.25) is 4.57 Å². The molecule has 0 saturated carbocycles. The van der Waals surface area contributed by atoms with Crippen LogP contribution < -0.4 is 0 Å². The van der Waals surface area contributed by atoms with Gasteiger partial charge in [-0.15, -0.1) is 0 Å². The van der Waals surface area contributed by atoms with Gasteiger partial charge in [-0.05, 0) is 19.1 Å². The molecule has 0 heterocycles. The summed E-state index contributed by atoms with van der Waals surface area (Å²) < 4.78 is 32.9. The van der Waals surface area contributed by atoms with Crippen molar-refractivity contribution in [2.45, 2.75) is 11.8 Å². The Hall–Kier alpha value is -0.730. The second-order valence-electron chi connectivity index (χ2n) is 2.69. The zero-order valence-electron chi connectivity index (χ0n) is 7.10. The Labute approximate surface area is 78.9 Å². The molecule has 0 saturated heterocycles. The Kier molecular flexibility index (Phi) is 3.17. The highest BCUT2D eigenvalue weighted by atomic mass is 32.2. The summed E-state index contributed by atoms with van der Waals surface area (Å²) in [7, 11) is -3.72. The second-order valence-corrected chi connectivity index (χ2v) is 5.68. The maximum atomic E-state index is 11.3. The highest BCUT2D eigenvalue weighted by Crippen LogP contribution is 2.15. The quantitative estimate of drug-likeness (QED) is 0.726. The fraction of sp³-hybridized carbons (Fsp3) is 0.250. The molecule has 1 aromatic carbocycles. The van der Waals surface area contributed by atoms with Crippen LogP contribution in [0.4, 0.5) is 0 Å². The second kappa shape index (κ2) is 3.99. The topological polar surface area (TPSA) is 51.2 Å². The van der Waals surface area contributed by atoms with Crippen molar-refractivity contribution >= 4 is 18.3 Å². The van der Waals surface area contributed by atoms with Gasteiger partial charge in [0.05, 0.1) is 4.90 Å². The van der Waals surface area contributed by atoms with E-state index in [4.69, 9.17) is 0 Å². The molecule has 1 rings (SSSR count). The smallest absolute Gasteiger partial charge is 0.189 e. The molecule has 0 bridgehead atoms. The van der Waals surface area contributed by atoms with Gasteiger partial charge in [0.25, 0.3) is 0 Å². The van der Waals surface area contributed by atoms with Crippen LogP contribution in [0.25, 0.3) is 0 Å². The lowest BCUT2D eigenvalue weighted by Gasteiger charge is -1.99. The number of hydrogen-bond donors (Lipinski definition) is 0. The zero-order chi connectivity index (χ0) is 9.90. The molecule has 0 aliphatic carbocycles. The molecule has 13 heavy (non-hydrogen) atoms. The maximum absolute atomic E-state index is 11.3. The van der Waals surface area contributed by atoms with Crippen LogP contribution in [0.2, 0.25) is 0 Å². The van der Waals surface area contributed by atoms with Crippen molar-refractivity contribution in [2.24, 2.45) is 0 Å². The molecule has 0 radical (unpaired) electrons. The summed E-state index contributed by atoms with van der Waals surface area (Å²) in [5, 5.41) is 0. The molecule has 0 aliphatic heterocycles. The van der Waals surface area contributed by atoms with Crippen LogP contribution in [0.1, 0.15) is 5.56 Å². The minimum atomic E-state index is -3.35. The summed E-state index contributed by atoms with van der Waals surface area (Å²) in [5.74, 6) is 0. The number of sulfone groups is 1. The lowest BCUT2D eigenvalue weighted by atomic mass is 10.2. The van der Waals surface area contributed by atoms with Gasteiger partial charge in [-0.1, -0.05) is 17.7 Å². The third kappa shape index (κ3) is 2.61. The first-order chi connectivity index (χ1) is 6.06. The largest absolute Gasteiger partial charge is 0.274 e. The lowest BCUT2D eigenvalue weighted by Crippen LogP contribution is -2.01. The SMILES string of the molecule is Cc1ccc(S(=O)(=O)CP=O)cc1. The Balaban J connectivity index is 3.08. The highest BCUT2D eigenvalue weighted by Gasteiger charge is 2.12. The van der Waals surface area contributed by atoms with Crippen LogP contribution in [-0.2, 0) is 14.4 Å². The fourth-order valence-electron chi connectivity index (χ4n) is 0.890. The van der Waals surface area contributed by atoms with Crippen LogP contribution in [0.15, 0.2) is 29.2 Å². The van der Waals surface area contributed by atoms with E-state index in [0.717, 1.165) is 5.56 Å². The average Bonchev–Trinajstić information content (AvgIpc) is 2.05. The van der Waals surface area contributed by atoms with Crippen molar-refractivity contribution in [3.8, 4) is 0 Å². The summed E-state index contributed by atoms with van der Waals surface area (Å²) in [4.78, 5) is 0.224. The van der Waals surface area contributed by atoms with Crippen molar-refractivity contribution in [1.29, 1.82) is 0 Å². The van der Waals surface area contributed by atoms with Crippen LogP contribution in [0.3, 0.4) is 0 Å². The maximum Gasteiger partial charge on any atom is 0.189 e. The molecule has 70 valence electrons. The molecule has 5 heteroatoms. The van der Waals surface area contributed by atoms with E-state index in [0.29, 0.717) is 0 Å². The number of aryl methyl sites for hydroxylation is 1. The standard InChI is InChI=1S/C8H9O3PS/c1-7-2-4-8(5-3-7)13(10,11)6-12-9/h2-5H,6H2,1H3. The Morgan fingerprint density at radius 3 is 2.23 bits per heavy atom. The van der Waals surface area contributed by atoms with E-state index in [1.54, 1.807) is 12.1 Å². The first kappa shape index (κ1) is 10.4. The van der Waals surface area contributed by atoms with Crippen LogP contribution in [-0.4, -0.2) is 13.9 Å². The first-order valence-corrected chi connectivity index (χ1v) is 6.30. The predicted octanol–water partition coefficient (Wildman–Crippen LogP) is 2.02. The van der Waals surface area contributed by atoms with Gasteiger partial charge in [-0.2, -0.15) is 0 Å². The van der Waals surface area contributed by atoms with E-state index < -0.39 is 9.84 Å².